The lowest BCUT2D eigenvalue weighted by atomic mass is 10.0. The second kappa shape index (κ2) is 9.20. The first-order valence-electron chi connectivity index (χ1n) is 9.19. The standard InChI is InChI=1S/C23H22FNO3S/c1-14-19(10-11-28-25-23(27)15(2)26)22-13-17(24)6-9-20(22)21(14)12-16-4-7-18(29-3)8-5-16/h4-9,12-13H,10-11H2,1-3H3,(H,25,27)/b21-12-. The molecule has 0 atom stereocenters. The van der Waals surface area contributed by atoms with Crippen LogP contribution in [0.1, 0.15) is 37.0 Å². The second-order valence-electron chi connectivity index (χ2n) is 6.71. The van der Waals surface area contributed by atoms with Crippen LogP contribution in [0.4, 0.5) is 4.39 Å². The molecule has 0 heterocycles. The molecule has 0 saturated carbocycles. The highest BCUT2D eigenvalue weighted by Gasteiger charge is 2.24. The van der Waals surface area contributed by atoms with Crippen LogP contribution in [0.5, 0.6) is 0 Å². The van der Waals surface area contributed by atoms with E-state index in [2.05, 4.69) is 35.8 Å². The van der Waals surface area contributed by atoms with Crippen LogP contribution in [0.15, 0.2) is 52.9 Å². The smallest absolute Gasteiger partial charge is 0.289 e. The Morgan fingerprint density at radius 2 is 1.86 bits per heavy atom. The summed E-state index contributed by atoms with van der Waals surface area (Å²) in [4.78, 5) is 28.6. The Hall–Kier alpha value is -2.70. The molecular weight excluding hydrogens is 389 g/mol. The van der Waals surface area contributed by atoms with Crippen LogP contribution in [-0.2, 0) is 14.4 Å². The van der Waals surface area contributed by atoms with Crippen molar-refractivity contribution in [3.8, 4) is 0 Å². The number of amides is 1. The second-order valence-corrected chi connectivity index (χ2v) is 7.59. The van der Waals surface area contributed by atoms with Gasteiger partial charge in [-0.15, -0.1) is 11.8 Å². The van der Waals surface area contributed by atoms with Crippen LogP contribution in [0.2, 0.25) is 0 Å². The third kappa shape index (κ3) is 4.83. The largest absolute Gasteiger partial charge is 0.310 e. The molecule has 0 fully saturated rings. The van der Waals surface area contributed by atoms with Gasteiger partial charge in [-0.1, -0.05) is 18.2 Å². The minimum atomic E-state index is -0.789. The number of allylic oxidation sites excluding steroid dienone is 2. The predicted octanol–water partition coefficient (Wildman–Crippen LogP) is 4.90. The molecule has 150 valence electrons. The summed E-state index contributed by atoms with van der Waals surface area (Å²) >= 11 is 1.69. The first kappa shape index (κ1) is 21.0. The van der Waals surface area contributed by atoms with E-state index in [4.69, 9.17) is 4.84 Å². The lowest BCUT2D eigenvalue weighted by Gasteiger charge is -2.07. The molecular formula is C23H22FNO3S. The van der Waals surface area contributed by atoms with Gasteiger partial charge in [0.2, 0.25) is 5.78 Å². The summed E-state index contributed by atoms with van der Waals surface area (Å²) in [6, 6.07) is 13.1. The summed E-state index contributed by atoms with van der Waals surface area (Å²) in [6.07, 6.45) is 4.61. The Labute approximate surface area is 173 Å². The van der Waals surface area contributed by atoms with Crippen molar-refractivity contribution in [2.24, 2.45) is 0 Å². The van der Waals surface area contributed by atoms with Crippen LogP contribution in [0.25, 0.3) is 17.2 Å². The van der Waals surface area contributed by atoms with E-state index in [9.17, 15) is 14.0 Å². The zero-order valence-corrected chi connectivity index (χ0v) is 17.4. The van der Waals surface area contributed by atoms with Crippen LogP contribution in [0.3, 0.4) is 0 Å². The van der Waals surface area contributed by atoms with Crippen molar-refractivity contribution < 1.29 is 18.8 Å². The van der Waals surface area contributed by atoms with Gasteiger partial charge in [-0.25, -0.2) is 9.87 Å². The highest BCUT2D eigenvalue weighted by Crippen LogP contribution is 2.43. The van der Waals surface area contributed by atoms with Crippen molar-refractivity contribution in [1.82, 2.24) is 5.48 Å². The molecule has 0 unspecified atom stereocenters. The zero-order chi connectivity index (χ0) is 21.0. The molecule has 1 aliphatic rings. The van der Waals surface area contributed by atoms with Gasteiger partial charge in [-0.2, -0.15) is 0 Å². The molecule has 0 aromatic heterocycles. The number of carbonyl (C=O) groups is 2. The molecule has 1 N–H and O–H groups in total. The fourth-order valence-electron chi connectivity index (χ4n) is 3.28. The van der Waals surface area contributed by atoms with Gasteiger partial charge in [0.15, 0.2) is 0 Å². The molecule has 0 saturated heterocycles. The first-order chi connectivity index (χ1) is 13.9. The maximum Gasteiger partial charge on any atom is 0.310 e. The number of hydroxylamine groups is 1. The topological polar surface area (TPSA) is 55.4 Å². The van der Waals surface area contributed by atoms with E-state index < -0.39 is 11.7 Å². The number of hydrogen-bond acceptors (Lipinski definition) is 4. The van der Waals surface area contributed by atoms with Crippen LogP contribution < -0.4 is 5.48 Å². The summed E-state index contributed by atoms with van der Waals surface area (Å²) in [5.74, 6) is -1.71. The molecule has 0 spiro atoms. The molecule has 2 aromatic rings. The van der Waals surface area contributed by atoms with E-state index in [1.54, 1.807) is 17.8 Å². The first-order valence-corrected chi connectivity index (χ1v) is 10.4. The predicted molar refractivity (Wildman–Crippen MR) is 114 cm³/mol. The highest BCUT2D eigenvalue weighted by atomic mass is 32.2. The van der Waals surface area contributed by atoms with Gasteiger partial charge in [-0.3, -0.25) is 14.4 Å². The fourth-order valence-corrected chi connectivity index (χ4v) is 3.69. The number of benzene rings is 2. The minimum Gasteiger partial charge on any atom is -0.289 e. The molecule has 0 radical (unpaired) electrons. The molecule has 6 heteroatoms. The normalized spacial score (nSPS) is 14.3. The third-order valence-corrected chi connectivity index (χ3v) is 5.56. The number of halogens is 1. The van der Waals surface area contributed by atoms with Crippen LogP contribution >= 0.6 is 11.8 Å². The number of ketones is 1. The maximum absolute atomic E-state index is 13.9. The van der Waals surface area contributed by atoms with E-state index in [0.717, 1.165) is 33.4 Å². The number of rotatable bonds is 7. The molecule has 4 nitrogen and oxygen atoms in total. The van der Waals surface area contributed by atoms with Crippen molar-refractivity contribution >= 4 is 40.7 Å². The van der Waals surface area contributed by atoms with Gasteiger partial charge in [0.25, 0.3) is 0 Å². The summed E-state index contributed by atoms with van der Waals surface area (Å²) in [5, 5.41) is 0. The van der Waals surface area contributed by atoms with E-state index in [1.165, 1.54) is 24.0 Å². The Morgan fingerprint density at radius 3 is 2.52 bits per heavy atom. The average Bonchev–Trinajstić information content (AvgIpc) is 2.96. The number of nitrogens with one attached hydrogen (secondary N) is 1. The van der Waals surface area contributed by atoms with Gasteiger partial charge in [0, 0.05) is 11.8 Å². The highest BCUT2D eigenvalue weighted by molar-refractivity contribution is 7.98. The Morgan fingerprint density at radius 1 is 1.14 bits per heavy atom. The van der Waals surface area contributed by atoms with Crippen molar-refractivity contribution in [3.05, 3.63) is 70.5 Å². The maximum atomic E-state index is 13.9. The molecule has 29 heavy (non-hydrogen) atoms. The summed E-state index contributed by atoms with van der Waals surface area (Å²) < 4.78 is 13.9. The molecule has 2 aromatic carbocycles. The summed E-state index contributed by atoms with van der Waals surface area (Å²) in [7, 11) is 0. The van der Waals surface area contributed by atoms with Gasteiger partial charge in [-0.05, 0) is 83.4 Å². The monoisotopic (exact) mass is 411 g/mol. The Bertz CT molecular complexity index is 1010. The quantitative estimate of drug-likeness (QED) is 0.305. The molecule has 0 bridgehead atoms. The van der Waals surface area contributed by atoms with E-state index >= 15 is 0 Å². The van der Waals surface area contributed by atoms with Crippen LogP contribution in [-0.4, -0.2) is 24.6 Å². The van der Waals surface area contributed by atoms with E-state index in [0.29, 0.717) is 6.42 Å². The zero-order valence-electron chi connectivity index (χ0n) is 16.5. The van der Waals surface area contributed by atoms with E-state index in [1.807, 2.05) is 13.2 Å². The number of fused-ring (bicyclic) bond motifs is 1. The van der Waals surface area contributed by atoms with Crippen molar-refractivity contribution in [1.29, 1.82) is 0 Å². The minimum absolute atomic E-state index is 0.178. The Balaban J connectivity index is 1.86. The Kier molecular flexibility index (Phi) is 6.67. The van der Waals surface area contributed by atoms with Crippen molar-refractivity contribution in [2.45, 2.75) is 25.2 Å². The number of hydrogen-bond donors (Lipinski definition) is 1. The van der Waals surface area contributed by atoms with Crippen molar-refractivity contribution in [2.75, 3.05) is 12.9 Å². The van der Waals surface area contributed by atoms with E-state index in [-0.39, 0.29) is 12.4 Å². The summed E-state index contributed by atoms with van der Waals surface area (Å²) in [6.45, 7) is 3.35. The average molecular weight is 411 g/mol. The van der Waals surface area contributed by atoms with Gasteiger partial charge in [0.05, 0.1) is 6.61 Å². The lowest BCUT2D eigenvalue weighted by molar-refractivity contribution is -0.144. The molecule has 1 amide bonds. The lowest BCUT2D eigenvalue weighted by Crippen LogP contribution is -2.29. The third-order valence-electron chi connectivity index (χ3n) is 4.82. The summed E-state index contributed by atoms with van der Waals surface area (Å²) in [5.41, 5.74) is 8.03. The van der Waals surface area contributed by atoms with Gasteiger partial charge < -0.3 is 0 Å². The van der Waals surface area contributed by atoms with Gasteiger partial charge in [0.1, 0.15) is 5.82 Å². The van der Waals surface area contributed by atoms with Crippen LogP contribution in [0, 0.1) is 5.82 Å². The number of thioether (sulfide) groups is 1. The number of Topliss-reactive ketones (excluding diaryl/α,β-unsaturated/α-hetero) is 1. The molecule has 1 aliphatic carbocycles. The van der Waals surface area contributed by atoms with Crippen molar-refractivity contribution in [3.63, 3.8) is 0 Å². The fraction of sp³-hybridized carbons (Fsp3) is 0.217. The van der Waals surface area contributed by atoms with Gasteiger partial charge >= 0.3 is 5.91 Å². The molecule has 3 rings (SSSR count). The SMILES string of the molecule is CSc1ccc(/C=C2/C(C)=C(CCONC(=O)C(C)=O)c3cc(F)ccc32)cc1. The molecule has 0 aliphatic heterocycles. The number of carbonyl (C=O) groups excluding carboxylic acids is 2.